The Morgan fingerprint density at radius 1 is 1.19 bits per heavy atom. The number of carbonyl (C=O) groups excluding carboxylic acids is 1. The topological polar surface area (TPSA) is 42.9 Å². The number of hydrogen-bond donors (Lipinski definition) is 0. The van der Waals surface area contributed by atoms with E-state index in [1.807, 2.05) is 19.1 Å². The molecule has 0 radical (unpaired) electrons. The van der Waals surface area contributed by atoms with Gasteiger partial charge in [-0.25, -0.2) is 0 Å². The molecule has 0 aliphatic heterocycles. The zero-order valence-electron chi connectivity index (χ0n) is 8.64. The van der Waals surface area contributed by atoms with Gasteiger partial charge in [0.25, 0.3) is 0 Å². The first-order chi connectivity index (χ1) is 7.66. The lowest BCUT2D eigenvalue weighted by molar-refractivity contribution is 0.103. The SMILES string of the molecule is Cc1ccc(C(=O)c2cnnc(Cl)c2)cc1. The Kier molecular flexibility index (Phi) is 2.97. The molecular formula is C12H9ClN2O. The van der Waals surface area contributed by atoms with Crippen molar-refractivity contribution in [3.8, 4) is 0 Å². The van der Waals surface area contributed by atoms with Crippen LogP contribution in [0.1, 0.15) is 21.5 Å². The van der Waals surface area contributed by atoms with Crippen molar-refractivity contribution in [2.75, 3.05) is 0 Å². The van der Waals surface area contributed by atoms with Crippen LogP contribution in [0.25, 0.3) is 0 Å². The summed E-state index contributed by atoms with van der Waals surface area (Å²) in [5.41, 5.74) is 2.18. The fourth-order valence-corrected chi connectivity index (χ4v) is 1.50. The van der Waals surface area contributed by atoms with Crippen LogP contribution < -0.4 is 0 Å². The smallest absolute Gasteiger partial charge is 0.194 e. The van der Waals surface area contributed by atoms with E-state index in [2.05, 4.69) is 10.2 Å². The number of ketones is 1. The molecule has 0 aliphatic rings. The second-order valence-electron chi connectivity index (χ2n) is 3.46. The third kappa shape index (κ3) is 2.25. The van der Waals surface area contributed by atoms with E-state index in [9.17, 15) is 4.79 Å². The predicted molar refractivity (Wildman–Crippen MR) is 61.7 cm³/mol. The number of aromatic nitrogens is 2. The Morgan fingerprint density at radius 3 is 2.50 bits per heavy atom. The number of carbonyl (C=O) groups is 1. The molecule has 1 aromatic carbocycles. The van der Waals surface area contributed by atoms with E-state index in [0.29, 0.717) is 11.1 Å². The van der Waals surface area contributed by atoms with E-state index in [0.717, 1.165) is 5.56 Å². The summed E-state index contributed by atoms with van der Waals surface area (Å²) >= 11 is 5.68. The van der Waals surface area contributed by atoms with Gasteiger partial charge in [-0.3, -0.25) is 4.79 Å². The van der Waals surface area contributed by atoms with E-state index in [4.69, 9.17) is 11.6 Å². The molecule has 0 saturated carbocycles. The van der Waals surface area contributed by atoms with Gasteiger partial charge >= 0.3 is 0 Å². The summed E-state index contributed by atoms with van der Waals surface area (Å²) < 4.78 is 0. The van der Waals surface area contributed by atoms with Gasteiger partial charge in [0.2, 0.25) is 0 Å². The number of rotatable bonds is 2. The van der Waals surface area contributed by atoms with Gasteiger partial charge in [-0.1, -0.05) is 41.4 Å². The average molecular weight is 233 g/mol. The number of benzene rings is 1. The van der Waals surface area contributed by atoms with Crippen LogP contribution in [0.2, 0.25) is 5.15 Å². The summed E-state index contributed by atoms with van der Waals surface area (Å²) in [6.07, 6.45) is 1.41. The Labute approximate surface area is 98.1 Å². The first kappa shape index (κ1) is 10.8. The molecule has 1 aromatic heterocycles. The first-order valence-corrected chi connectivity index (χ1v) is 5.14. The maximum atomic E-state index is 12.0. The molecule has 0 bridgehead atoms. The predicted octanol–water partition coefficient (Wildman–Crippen LogP) is 2.67. The minimum atomic E-state index is -0.100. The maximum Gasteiger partial charge on any atom is 0.194 e. The lowest BCUT2D eigenvalue weighted by atomic mass is 10.0. The second kappa shape index (κ2) is 4.41. The highest BCUT2D eigenvalue weighted by atomic mass is 35.5. The van der Waals surface area contributed by atoms with Crippen LogP contribution in [0, 0.1) is 6.92 Å². The van der Waals surface area contributed by atoms with Crippen molar-refractivity contribution in [1.82, 2.24) is 10.2 Å². The van der Waals surface area contributed by atoms with Crippen LogP contribution in [-0.4, -0.2) is 16.0 Å². The normalized spacial score (nSPS) is 10.1. The van der Waals surface area contributed by atoms with Crippen molar-refractivity contribution < 1.29 is 4.79 Å². The molecule has 4 heteroatoms. The van der Waals surface area contributed by atoms with Crippen molar-refractivity contribution in [2.24, 2.45) is 0 Å². The van der Waals surface area contributed by atoms with Crippen LogP contribution in [0.15, 0.2) is 36.5 Å². The van der Waals surface area contributed by atoms with E-state index < -0.39 is 0 Å². The van der Waals surface area contributed by atoms with Crippen LogP contribution >= 0.6 is 11.6 Å². The van der Waals surface area contributed by atoms with E-state index in [-0.39, 0.29) is 10.9 Å². The van der Waals surface area contributed by atoms with Crippen LogP contribution in [0.5, 0.6) is 0 Å². The number of hydrogen-bond acceptors (Lipinski definition) is 3. The molecule has 80 valence electrons. The van der Waals surface area contributed by atoms with Crippen LogP contribution in [0.3, 0.4) is 0 Å². The lowest BCUT2D eigenvalue weighted by Gasteiger charge is -2.01. The highest BCUT2D eigenvalue weighted by Crippen LogP contribution is 2.12. The fraction of sp³-hybridized carbons (Fsp3) is 0.0833. The molecule has 2 rings (SSSR count). The van der Waals surface area contributed by atoms with Crippen molar-refractivity contribution in [1.29, 1.82) is 0 Å². The standard InChI is InChI=1S/C12H9ClN2O/c1-8-2-4-9(5-3-8)12(16)10-6-11(13)15-14-7-10/h2-7H,1H3. The Bertz CT molecular complexity index is 523. The molecule has 3 nitrogen and oxygen atoms in total. The molecule has 0 N–H and O–H groups in total. The third-order valence-corrected chi connectivity index (χ3v) is 2.39. The largest absolute Gasteiger partial charge is 0.289 e. The van der Waals surface area contributed by atoms with Gasteiger partial charge in [0.15, 0.2) is 10.9 Å². The van der Waals surface area contributed by atoms with Crippen molar-refractivity contribution in [2.45, 2.75) is 6.92 Å². The van der Waals surface area contributed by atoms with Crippen molar-refractivity contribution >= 4 is 17.4 Å². The molecule has 2 aromatic rings. The number of halogens is 1. The molecule has 1 heterocycles. The maximum absolute atomic E-state index is 12.0. The van der Waals surface area contributed by atoms with Crippen LogP contribution in [-0.2, 0) is 0 Å². The molecule has 16 heavy (non-hydrogen) atoms. The Balaban J connectivity index is 2.35. The van der Waals surface area contributed by atoms with Gasteiger partial charge in [-0.05, 0) is 13.0 Å². The summed E-state index contributed by atoms with van der Waals surface area (Å²) in [6.45, 7) is 1.97. The fourth-order valence-electron chi connectivity index (χ4n) is 1.34. The Hall–Kier alpha value is -1.74. The minimum Gasteiger partial charge on any atom is -0.289 e. The number of nitrogens with zero attached hydrogens (tertiary/aromatic N) is 2. The third-order valence-electron chi connectivity index (χ3n) is 2.20. The zero-order valence-corrected chi connectivity index (χ0v) is 9.40. The summed E-state index contributed by atoms with van der Waals surface area (Å²) in [4.78, 5) is 12.0. The monoisotopic (exact) mass is 232 g/mol. The molecule has 0 unspecified atom stereocenters. The van der Waals surface area contributed by atoms with E-state index >= 15 is 0 Å². The molecule has 0 atom stereocenters. The van der Waals surface area contributed by atoms with Crippen molar-refractivity contribution in [3.05, 3.63) is 58.4 Å². The average Bonchev–Trinajstić information content (AvgIpc) is 2.29. The van der Waals surface area contributed by atoms with Gasteiger partial charge in [0.1, 0.15) is 0 Å². The quantitative estimate of drug-likeness (QED) is 0.748. The van der Waals surface area contributed by atoms with Gasteiger partial charge in [0, 0.05) is 11.1 Å². The van der Waals surface area contributed by atoms with Crippen molar-refractivity contribution in [3.63, 3.8) is 0 Å². The van der Waals surface area contributed by atoms with Gasteiger partial charge < -0.3 is 0 Å². The minimum absolute atomic E-state index is 0.100. The highest BCUT2D eigenvalue weighted by Gasteiger charge is 2.09. The summed E-state index contributed by atoms with van der Waals surface area (Å²) in [6, 6.07) is 8.86. The molecule has 0 aliphatic carbocycles. The summed E-state index contributed by atoms with van der Waals surface area (Å²) in [5, 5.41) is 7.46. The van der Waals surface area contributed by atoms with Crippen LogP contribution in [0.4, 0.5) is 0 Å². The zero-order chi connectivity index (χ0) is 11.5. The Morgan fingerprint density at radius 2 is 1.88 bits per heavy atom. The summed E-state index contributed by atoms with van der Waals surface area (Å²) in [5.74, 6) is -0.100. The van der Waals surface area contributed by atoms with Gasteiger partial charge in [0.05, 0.1) is 6.20 Å². The van der Waals surface area contributed by atoms with E-state index in [1.54, 1.807) is 12.1 Å². The molecule has 0 fully saturated rings. The molecular weight excluding hydrogens is 224 g/mol. The lowest BCUT2D eigenvalue weighted by Crippen LogP contribution is -2.02. The first-order valence-electron chi connectivity index (χ1n) is 4.76. The molecule has 0 spiro atoms. The highest BCUT2D eigenvalue weighted by molar-refractivity contribution is 6.29. The molecule has 0 saturated heterocycles. The second-order valence-corrected chi connectivity index (χ2v) is 3.85. The van der Waals surface area contributed by atoms with Gasteiger partial charge in [-0.2, -0.15) is 5.10 Å². The molecule has 0 amide bonds. The summed E-state index contributed by atoms with van der Waals surface area (Å²) in [7, 11) is 0. The number of aryl methyl sites for hydroxylation is 1. The van der Waals surface area contributed by atoms with E-state index in [1.165, 1.54) is 12.3 Å². The van der Waals surface area contributed by atoms with Gasteiger partial charge in [-0.15, -0.1) is 5.10 Å².